The molecule has 1 heterocycles. The zero-order valence-electron chi connectivity index (χ0n) is 12.4. The number of rotatable bonds is 4. The Morgan fingerprint density at radius 1 is 1.00 bits per heavy atom. The maximum absolute atomic E-state index is 12.7. The second-order valence-electron chi connectivity index (χ2n) is 4.73. The highest BCUT2D eigenvalue weighted by molar-refractivity contribution is 6.11. The van der Waals surface area contributed by atoms with Crippen LogP contribution in [0.4, 0.5) is 0 Å². The van der Waals surface area contributed by atoms with Gasteiger partial charge in [-0.3, -0.25) is 4.79 Å². The molecule has 1 aliphatic heterocycles. The van der Waals surface area contributed by atoms with Gasteiger partial charge in [-0.15, -0.1) is 0 Å². The summed E-state index contributed by atoms with van der Waals surface area (Å²) in [6.07, 6.45) is 0. The van der Waals surface area contributed by atoms with E-state index in [1.807, 2.05) is 0 Å². The minimum Gasteiger partial charge on any atom is -0.493 e. The number of carbonyl (C=O) groups excluding carboxylic acids is 1. The van der Waals surface area contributed by atoms with E-state index in [-0.39, 0.29) is 5.78 Å². The molecule has 0 bridgehead atoms. The summed E-state index contributed by atoms with van der Waals surface area (Å²) in [4.78, 5) is 12.7. The molecule has 0 aromatic heterocycles. The zero-order chi connectivity index (χ0) is 15.5. The van der Waals surface area contributed by atoms with Gasteiger partial charge in [-0.1, -0.05) is 6.07 Å². The minimum absolute atomic E-state index is 0.160. The van der Waals surface area contributed by atoms with Crippen molar-refractivity contribution >= 4 is 5.78 Å². The topological polar surface area (TPSA) is 54.0 Å². The lowest BCUT2D eigenvalue weighted by Gasteiger charge is -2.19. The minimum atomic E-state index is -0.160. The van der Waals surface area contributed by atoms with E-state index in [9.17, 15) is 4.79 Å². The van der Waals surface area contributed by atoms with Gasteiger partial charge in [-0.25, -0.2) is 0 Å². The lowest BCUT2D eigenvalue weighted by Crippen LogP contribution is -2.16. The fraction of sp³-hybridized carbons (Fsp3) is 0.235. The number of benzene rings is 2. The van der Waals surface area contributed by atoms with E-state index < -0.39 is 0 Å². The standard InChI is InChI=1S/C17H16O5/c1-19-14-5-3-4-12(17(14)20-2)16(18)11-6-7-13-15(10-11)22-9-8-21-13/h3-7,10H,8-9H2,1-2H3. The Hall–Kier alpha value is -2.69. The van der Waals surface area contributed by atoms with Crippen LogP contribution in [0.2, 0.25) is 0 Å². The maximum Gasteiger partial charge on any atom is 0.197 e. The summed E-state index contributed by atoms with van der Waals surface area (Å²) < 4.78 is 21.5. The molecule has 5 heteroatoms. The summed E-state index contributed by atoms with van der Waals surface area (Å²) in [5, 5.41) is 0. The molecule has 2 aromatic rings. The molecule has 0 fully saturated rings. The van der Waals surface area contributed by atoms with Gasteiger partial charge in [0.15, 0.2) is 28.8 Å². The molecule has 22 heavy (non-hydrogen) atoms. The fourth-order valence-corrected chi connectivity index (χ4v) is 2.41. The van der Waals surface area contributed by atoms with Crippen LogP contribution >= 0.6 is 0 Å². The second-order valence-corrected chi connectivity index (χ2v) is 4.73. The first kappa shape index (κ1) is 14.3. The molecule has 0 spiro atoms. The molecule has 0 amide bonds. The van der Waals surface area contributed by atoms with Gasteiger partial charge in [0.1, 0.15) is 13.2 Å². The number of fused-ring (bicyclic) bond motifs is 1. The number of para-hydroxylation sites is 1. The number of carbonyl (C=O) groups is 1. The van der Waals surface area contributed by atoms with Crippen molar-refractivity contribution < 1.29 is 23.7 Å². The summed E-state index contributed by atoms with van der Waals surface area (Å²) in [5.41, 5.74) is 0.953. The monoisotopic (exact) mass is 300 g/mol. The quantitative estimate of drug-likeness (QED) is 0.813. The SMILES string of the molecule is COc1cccc(C(=O)c2ccc3c(c2)OCCO3)c1OC. The normalized spacial score (nSPS) is 12.6. The van der Waals surface area contributed by atoms with Crippen LogP contribution in [0.5, 0.6) is 23.0 Å². The van der Waals surface area contributed by atoms with Crippen LogP contribution in [-0.4, -0.2) is 33.2 Å². The van der Waals surface area contributed by atoms with Gasteiger partial charge in [0.25, 0.3) is 0 Å². The molecule has 5 nitrogen and oxygen atoms in total. The average Bonchev–Trinajstić information content (AvgIpc) is 2.59. The first-order valence-corrected chi connectivity index (χ1v) is 6.90. The van der Waals surface area contributed by atoms with Gasteiger partial charge >= 0.3 is 0 Å². The number of hydrogen-bond acceptors (Lipinski definition) is 5. The highest BCUT2D eigenvalue weighted by atomic mass is 16.6. The lowest BCUT2D eigenvalue weighted by molar-refractivity contribution is 0.103. The first-order chi connectivity index (χ1) is 10.7. The van der Waals surface area contributed by atoms with E-state index in [1.54, 1.807) is 36.4 Å². The molecule has 3 rings (SSSR count). The van der Waals surface area contributed by atoms with Crippen LogP contribution in [0.25, 0.3) is 0 Å². The third kappa shape index (κ3) is 2.45. The smallest absolute Gasteiger partial charge is 0.197 e. The van der Waals surface area contributed by atoms with Crippen LogP contribution in [-0.2, 0) is 0 Å². The highest BCUT2D eigenvalue weighted by Gasteiger charge is 2.20. The van der Waals surface area contributed by atoms with E-state index in [2.05, 4.69) is 0 Å². The molecule has 0 N–H and O–H groups in total. The largest absolute Gasteiger partial charge is 0.493 e. The number of ether oxygens (including phenoxy) is 4. The van der Waals surface area contributed by atoms with Crippen molar-refractivity contribution in [3.05, 3.63) is 47.5 Å². The second kappa shape index (κ2) is 5.97. The summed E-state index contributed by atoms with van der Waals surface area (Å²) >= 11 is 0. The number of ketones is 1. The Labute approximate surface area is 128 Å². The fourth-order valence-electron chi connectivity index (χ4n) is 2.41. The molecule has 0 aliphatic carbocycles. The van der Waals surface area contributed by atoms with E-state index in [0.29, 0.717) is 47.3 Å². The Bertz CT molecular complexity index is 708. The van der Waals surface area contributed by atoms with Gasteiger partial charge in [0.2, 0.25) is 0 Å². The molecule has 0 unspecified atom stereocenters. The molecule has 0 atom stereocenters. The zero-order valence-corrected chi connectivity index (χ0v) is 12.4. The van der Waals surface area contributed by atoms with Gasteiger partial charge in [0, 0.05) is 5.56 Å². The van der Waals surface area contributed by atoms with E-state index in [0.717, 1.165) is 0 Å². The predicted molar refractivity (Wildman–Crippen MR) is 80.4 cm³/mol. The molecule has 0 saturated carbocycles. The summed E-state index contributed by atoms with van der Waals surface area (Å²) in [6.45, 7) is 0.997. The summed E-state index contributed by atoms with van der Waals surface area (Å²) in [7, 11) is 3.05. The van der Waals surface area contributed by atoms with Crippen LogP contribution in [0.1, 0.15) is 15.9 Å². The van der Waals surface area contributed by atoms with Crippen molar-refractivity contribution in [2.24, 2.45) is 0 Å². The third-order valence-electron chi connectivity index (χ3n) is 3.45. The van der Waals surface area contributed by atoms with Gasteiger partial charge in [-0.2, -0.15) is 0 Å². The van der Waals surface area contributed by atoms with E-state index in [4.69, 9.17) is 18.9 Å². The van der Waals surface area contributed by atoms with Crippen molar-refractivity contribution in [3.63, 3.8) is 0 Å². The highest BCUT2D eigenvalue weighted by Crippen LogP contribution is 2.35. The number of hydrogen-bond donors (Lipinski definition) is 0. The Morgan fingerprint density at radius 3 is 2.50 bits per heavy atom. The van der Waals surface area contributed by atoms with Crippen LogP contribution in [0.15, 0.2) is 36.4 Å². The first-order valence-electron chi connectivity index (χ1n) is 6.90. The van der Waals surface area contributed by atoms with Crippen molar-refractivity contribution in [1.82, 2.24) is 0 Å². The maximum atomic E-state index is 12.7. The lowest BCUT2D eigenvalue weighted by atomic mass is 10.0. The van der Waals surface area contributed by atoms with Crippen molar-refractivity contribution in [2.75, 3.05) is 27.4 Å². The summed E-state index contributed by atoms with van der Waals surface area (Å²) in [5.74, 6) is 2.02. The molecule has 0 radical (unpaired) electrons. The van der Waals surface area contributed by atoms with Crippen LogP contribution < -0.4 is 18.9 Å². The van der Waals surface area contributed by atoms with E-state index >= 15 is 0 Å². The Kier molecular flexibility index (Phi) is 3.87. The molecular weight excluding hydrogens is 284 g/mol. The van der Waals surface area contributed by atoms with Crippen molar-refractivity contribution in [2.45, 2.75) is 0 Å². The van der Waals surface area contributed by atoms with E-state index in [1.165, 1.54) is 14.2 Å². The van der Waals surface area contributed by atoms with Crippen LogP contribution in [0, 0.1) is 0 Å². The van der Waals surface area contributed by atoms with Gasteiger partial charge < -0.3 is 18.9 Å². The molecule has 114 valence electrons. The Balaban J connectivity index is 2.01. The van der Waals surface area contributed by atoms with Gasteiger partial charge in [0.05, 0.1) is 19.8 Å². The molecular formula is C17H16O5. The predicted octanol–water partition coefficient (Wildman–Crippen LogP) is 2.71. The van der Waals surface area contributed by atoms with Crippen molar-refractivity contribution in [1.29, 1.82) is 0 Å². The number of methoxy groups -OCH3 is 2. The molecule has 1 aliphatic rings. The summed E-state index contributed by atoms with van der Waals surface area (Å²) in [6, 6.07) is 10.4. The molecule has 2 aromatic carbocycles. The average molecular weight is 300 g/mol. The van der Waals surface area contributed by atoms with Gasteiger partial charge in [-0.05, 0) is 30.3 Å². The third-order valence-corrected chi connectivity index (χ3v) is 3.45. The molecule has 0 saturated heterocycles. The Morgan fingerprint density at radius 2 is 1.77 bits per heavy atom. The van der Waals surface area contributed by atoms with Crippen molar-refractivity contribution in [3.8, 4) is 23.0 Å². The van der Waals surface area contributed by atoms with Crippen LogP contribution in [0.3, 0.4) is 0 Å².